The smallest absolute Gasteiger partial charge is 0.349 e. The van der Waals surface area contributed by atoms with Crippen LogP contribution in [0, 0.1) is 0 Å². The molecule has 0 aliphatic carbocycles. The lowest BCUT2D eigenvalue weighted by Gasteiger charge is -2.07. The summed E-state index contributed by atoms with van der Waals surface area (Å²) in [6, 6.07) is 11.4. The van der Waals surface area contributed by atoms with Crippen LogP contribution >= 0.6 is 11.3 Å². The van der Waals surface area contributed by atoms with Gasteiger partial charge in [0.2, 0.25) is 0 Å². The fourth-order valence-corrected chi connectivity index (χ4v) is 3.54. The Balaban J connectivity index is 1.68. The number of nitrogens with one attached hydrogen (secondary N) is 1. The largest absolute Gasteiger partial charge is 0.497 e. The molecule has 2 aromatic heterocycles. The Bertz CT molecular complexity index is 941. The lowest BCUT2D eigenvalue weighted by atomic mass is 10.1. The van der Waals surface area contributed by atoms with Crippen molar-refractivity contribution in [3.05, 3.63) is 53.2 Å². The van der Waals surface area contributed by atoms with Crippen molar-refractivity contribution in [1.29, 1.82) is 0 Å². The second-order valence-electron chi connectivity index (χ2n) is 5.86. The predicted octanol–water partition coefficient (Wildman–Crippen LogP) is 3.97. The van der Waals surface area contributed by atoms with Crippen LogP contribution < -0.4 is 14.8 Å². The van der Waals surface area contributed by atoms with Gasteiger partial charge in [-0.15, -0.1) is 11.3 Å². The summed E-state index contributed by atoms with van der Waals surface area (Å²) in [4.78, 5) is 20.8. The lowest BCUT2D eigenvalue weighted by molar-refractivity contribution is 0.0698. The van der Waals surface area contributed by atoms with Gasteiger partial charge in [-0.25, -0.2) is 14.8 Å². The second kappa shape index (κ2) is 9.18. The fraction of sp³-hybridized carbons (Fsp3) is 0.250. The van der Waals surface area contributed by atoms with Gasteiger partial charge in [0.15, 0.2) is 4.88 Å². The molecule has 3 rings (SSSR count). The molecule has 146 valence electrons. The molecule has 0 saturated carbocycles. The van der Waals surface area contributed by atoms with E-state index in [-0.39, 0.29) is 4.88 Å². The molecule has 0 radical (unpaired) electrons. The van der Waals surface area contributed by atoms with E-state index in [0.29, 0.717) is 30.4 Å². The number of methoxy groups -OCH3 is 1. The fourth-order valence-electron chi connectivity index (χ4n) is 2.63. The third-order valence-corrected chi connectivity index (χ3v) is 5.12. The van der Waals surface area contributed by atoms with E-state index in [1.807, 2.05) is 31.2 Å². The van der Waals surface area contributed by atoms with Crippen LogP contribution in [0.3, 0.4) is 0 Å². The minimum absolute atomic E-state index is 0.171. The molecule has 3 aromatic rings. The molecular formula is C20H21N3O4S. The Labute approximate surface area is 167 Å². The topological polar surface area (TPSA) is 93.6 Å². The van der Waals surface area contributed by atoms with Crippen molar-refractivity contribution in [3.8, 4) is 22.1 Å². The van der Waals surface area contributed by atoms with E-state index < -0.39 is 5.97 Å². The number of ether oxygens (including phenoxy) is 2. The first-order valence-corrected chi connectivity index (χ1v) is 9.61. The zero-order valence-corrected chi connectivity index (χ0v) is 16.5. The molecule has 0 bridgehead atoms. The number of anilines is 1. The Morgan fingerprint density at radius 2 is 2.00 bits per heavy atom. The summed E-state index contributed by atoms with van der Waals surface area (Å²) in [5, 5.41) is 12.6. The quantitative estimate of drug-likeness (QED) is 0.562. The molecule has 0 saturated heterocycles. The number of carboxylic acid groups (broad SMARTS) is 1. The van der Waals surface area contributed by atoms with Gasteiger partial charge < -0.3 is 19.9 Å². The number of hydrogen-bond acceptors (Lipinski definition) is 7. The normalized spacial score (nSPS) is 10.5. The molecule has 0 aliphatic rings. The summed E-state index contributed by atoms with van der Waals surface area (Å²) in [6.45, 7) is 2.93. The van der Waals surface area contributed by atoms with Gasteiger partial charge >= 0.3 is 5.97 Å². The Hall–Kier alpha value is -3.13. The zero-order valence-electron chi connectivity index (χ0n) is 15.6. The van der Waals surface area contributed by atoms with Crippen LogP contribution in [0.2, 0.25) is 0 Å². The molecular weight excluding hydrogens is 378 g/mol. The summed E-state index contributed by atoms with van der Waals surface area (Å²) in [7, 11) is 1.65. The first kappa shape index (κ1) is 19.6. The number of thiophene rings is 1. The molecule has 7 nitrogen and oxygen atoms in total. The maximum Gasteiger partial charge on any atom is 0.349 e. The van der Waals surface area contributed by atoms with E-state index in [2.05, 4.69) is 15.3 Å². The third kappa shape index (κ3) is 4.77. The Morgan fingerprint density at radius 3 is 2.68 bits per heavy atom. The summed E-state index contributed by atoms with van der Waals surface area (Å²) in [5.74, 6) is 0.872. The van der Waals surface area contributed by atoms with Crippen molar-refractivity contribution in [3.63, 3.8) is 0 Å². The van der Waals surface area contributed by atoms with Crippen molar-refractivity contribution < 1.29 is 19.4 Å². The first-order valence-electron chi connectivity index (χ1n) is 8.80. The maximum absolute atomic E-state index is 11.4. The van der Waals surface area contributed by atoms with Gasteiger partial charge in [-0.05, 0) is 31.0 Å². The molecule has 1 aromatic carbocycles. The van der Waals surface area contributed by atoms with Crippen molar-refractivity contribution in [2.75, 3.05) is 25.6 Å². The van der Waals surface area contributed by atoms with Crippen molar-refractivity contribution in [2.24, 2.45) is 0 Å². The minimum atomic E-state index is -1.01. The van der Waals surface area contributed by atoms with Crippen LogP contribution in [0.5, 0.6) is 11.5 Å². The monoisotopic (exact) mass is 399 g/mol. The van der Waals surface area contributed by atoms with Gasteiger partial charge in [0, 0.05) is 18.7 Å². The van der Waals surface area contributed by atoms with Crippen LogP contribution in [0.4, 0.5) is 5.82 Å². The summed E-state index contributed by atoms with van der Waals surface area (Å²) in [5.41, 5.74) is 1.84. The number of rotatable bonds is 9. The molecule has 0 fully saturated rings. The molecule has 28 heavy (non-hydrogen) atoms. The lowest BCUT2D eigenvalue weighted by Crippen LogP contribution is -2.06. The van der Waals surface area contributed by atoms with Crippen LogP contribution in [-0.2, 0) is 6.42 Å². The number of nitrogens with zero attached hydrogens (tertiary/aromatic N) is 2. The van der Waals surface area contributed by atoms with E-state index in [1.54, 1.807) is 19.2 Å². The van der Waals surface area contributed by atoms with Gasteiger partial charge in [-0.2, -0.15) is 0 Å². The highest BCUT2D eigenvalue weighted by molar-refractivity contribution is 7.17. The van der Waals surface area contributed by atoms with Gasteiger partial charge in [-0.1, -0.05) is 12.1 Å². The van der Waals surface area contributed by atoms with Gasteiger partial charge in [-0.3, -0.25) is 0 Å². The van der Waals surface area contributed by atoms with E-state index in [1.165, 1.54) is 11.9 Å². The standard InChI is InChI=1S/C20H21N3O4S/c1-3-27-16-11-17(28-19(16)20(24)25)15-10-18(23-12-22-15)21-9-8-13-4-6-14(26-2)7-5-13/h4-7,10-12H,3,8-9H2,1-2H3,(H,24,25)(H,21,22,23). The summed E-state index contributed by atoms with van der Waals surface area (Å²) in [6.07, 6.45) is 2.30. The Kier molecular flexibility index (Phi) is 6.44. The highest BCUT2D eigenvalue weighted by Gasteiger charge is 2.18. The third-order valence-electron chi connectivity index (χ3n) is 3.99. The Morgan fingerprint density at radius 1 is 1.21 bits per heavy atom. The molecule has 0 aliphatic heterocycles. The number of aromatic carboxylic acids is 1. The molecule has 2 heterocycles. The second-order valence-corrected chi connectivity index (χ2v) is 6.91. The first-order chi connectivity index (χ1) is 13.6. The van der Waals surface area contributed by atoms with Crippen LogP contribution in [0.1, 0.15) is 22.2 Å². The van der Waals surface area contributed by atoms with Crippen molar-refractivity contribution in [2.45, 2.75) is 13.3 Å². The number of carbonyl (C=O) groups is 1. The van der Waals surface area contributed by atoms with Gasteiger partial charge in [0.1, 0.15) is 23.6 Å². The number of carboxylic acids is 1. The average molecular weight is 399 g/mol. The molecule has 0 amide bonds. The SMILES string of the molecule is CCOc1cc(-c2cc(NCCc3ccc(OC)cc3)ncn2)sc1C(=O)O. The van der Waals surface area contributed by atoms with Gasteiger partial charge in [0.25, 0.3) is 0 Å². The van der Waals surface area contributed by atoms with Gasteiger partial charge in [0.05, 0.1) is 24.3 Å². The van der Waals surface area contributed by atoms with E-state index >= 15 is 0 Å². The zero-order chi connectivity index (χ0) is 19.9. The highest BCUT2D eigenvalue weighted by atomic mass is 32.1. The van der Waals surface area contributed by atoms with E-state index in [0.717, 1.165) is 28.4 Å². The minimum Gasteiger partial charge on any atom is -0.497 e. The summed E-state index contributed by atoms with van der Waals surface area (Å²) >= 11 is 1.14. The maximum atomic E-state index is 11.4. The molecule has 2 N–H and O–H groups in total. The molecule has 0 spiro atoms. The number of benzene rings is 1. The molecule has 8 heteroatoms. The highest BCUT2D eigenvalue weighted by Crippen LogP contribution is 2.36. The molecule has 0 unspecified atom stereocenters. The number of aromatic nitrogens is 2. The number of hydrogen-bond donors (Lipinski definition) is 2. The van der Waals surface area contributed by atoms with Crippen LogP contribution in [0.25, 0.3) is 10.6 Å². The summed E-state index contributed by atoms with van der Waals surface area (Å²) < 4.78 is 10.6. The molecule has 0 atom stereocenters. The van der Waals surface area contributed by atoms with Crippen molar-refractivity contribution in [1.82, 2.24) is 9.97 Å². The van der Waals surface area contributed by atoms with Crippen LogP contribution in [-0.4, -0.2) is 41.3 Å². The van der Waals surface area contributed by atoms with E-state index in [9.17, 15) is 9.90 Å². The van der Waals surface area contributed by atoms with Crippen molar-refractivity contribution >= 4 is 23.1 Å². The van der Waals surface area contributed by atoms with E-state index in [4.69, 9.17) is 9.47 Å². The van der Waals surface area contributed by atoms with Crippen LogP contribution in [0.15, 0.2) is 42.7 Å². The predicted molar refractivity (Wildman–Crippen MR) is 109 cm³/mol. The average Bonchev–Trinajstić information content (AvgIpc) is 3.13.